The Kier molecular flexibility index (Phi) is 13.5. The third-order valence-corrected chi connectivity index (χ3v) is 13.5. The first-order valence-electron chi connectivity index (χ1n) is 23.5. The lowest BCUT2D eigenvalue weighted by atomic mass is 9.84. The average Bonchev–Trinajstić information content (AvgIpc) is 3.90. The van der Waals surface area contributed by atoms with Gasteiger partial charge in [0.15, 0.2) is 0 Å². The molecule has 4 N–H and O–H groups in total. The summed E-state index contributed by atoms with van der Waals surface area (Å²) in [5.41, 5.74) is 6.23. The quantitative estimate of drug-likeness (QED) is 0.119. The van der Waals surface area contributed by atoms with E-state index in [1.54, 1.807) is 0 Å². The standard InChI is InChI=1S/C24H29BN8O2.C23H26N8O.CH4/c1-25(34)32-10-8-31(9-11-32)18-2-3-22(27-14-18)29-24-28-15-20-19-4-7-26-16-21(19)33(23(20)30-24)17-5-12-35-13-6-17;1-2-21(26-13-17(1)30-9-7-24-8-10-30)28-23-27-14-19-18-3-6-25-15-20(18)31(22(19)29-23)16-4-11-32-12-5-16;/h2-4,7,14-17,34H,5-6,8-13H2,1H3,(H,27,28,29,30);1-3,6,13-16,24H,4-5,7-12H2,(H,26,27,28,29);1H4. The van der Waals surface area contributed by atoms with Crippen LogP contribution >= 0.6 is 0 Å². The largest absolute Gasteiger partial charge is 0.437 e. The minimum Gasteiger partial charge on any atom is -0.437 e. The predicted molar refractivity (Wildman–Crippen MR) is 268 cm³/mol. The zero-order chi connectivity index (χ0) is 45.1. The Morgan fingerprint density at radius 3 is 1.49 bits per heavy atom. The maximum atomic E-state index is 9.77. The van der Waals surface area contributed by atoms with Crippen LogP contribution in [0.3, 0.4) is 0 Å². The first-order chi connectivity index (χ1) is 33.0. The monoisotopic (exact) mass is 919 g/mol. The number of rotatable bonds is 9. The van der Waals surface area contributed by atoms with E-state index in [1.807, 2.05) is 80.7 Å². The fourth-order valence-corrected chi connectivity index (χ4v) is 9.88. The lowest BCUT2D eigenvalue weighted by Gasteiger charge is -2.36. The van der Waals surface area contributed by atoms with Crippen LogP contribution in [0, 0.1) is 0 Å². The minimum atomic E-state index is -0.402. The molecule has 0 aromatic carbocycles. The third-order valence-electron chi connectivity index (χ3n) is 13.5. The number of anilines is 6. The Labute approximate surface area is 395 Å². The van der Waals surface area contributed by atoms with E-state index in [1.165, 1.54) is 0 Å². The molecule has 352 valence electrons. The molecule has 19 nitrogen and oxygen atoms in total. The molecule has 0 spiro atoms. The summed E-state index contributed by atoms with van der Waals surface area (Å²) in [6, 6.07) is 12.9. The van der Waals surface area contributed by atoms with E-state index in [-0.39, 0.29) is 7.43 Å². The summed E-state index contributed by atoms with van der Waals surface area (Å²) in [7, 11) is -0.402. The van der Waals surface area contributed by atoms with Crippen molar-refractivity contribution in [2.75, 3.05) is 99.2 Å². The second-order valence-electron chi connectivity index (χ2n) is 17.5. The number of nitrogens with one attached hydrogen (secondary N) is 3. The van der Waals surface area contributed by atoms with Crippen LogP contribution in [0.2, 0.25) is 6.82 Å². The van der Waals surface area contributed by atoms with Gasteiger partial charge in [-0.2, -0.15) is 9.97 Å². The van der Waals surface area contributed by atoms with Crippen molar-refractivity contribution < 1.29 is 14.5 Å². The molecule has 12 heterocycles. The molecule has 20 heteroatoms. The van der Waals surface area contributed by atoms with Crippen molar-refractivity contribution in [3.05, 3.63) is 86.0 Å². The number of nitrogens with zero attached hydrogens (tertiary/aromatic N) is 13. The zero-order valence-corrected chi connectivity index (χ0v) is 37.7. The van der Waals surface area contributed by atoms with Crippen LogP contribution in [0.1, 0.15) is 45.2 Å². The molecule has 4 aliphatic rings. The Balaban J connectivity index is 0.000000157. The predicted octanol–water partition coefficient (Wildman–Crippen LogP) is 6.22. The van der Waals surface area contributed by atoms with E-state index in [9.17, 15) is 5.02 Å². The van der Waals surface area contributed by atoms with Crippen molar-refractivity contribution in [3.8, 4) is 0 Å². The highest BCUT2D eigenvalue weighted by Crippen LogP contribution is 2.36. The fourth-order valence-electron chi connectivity index (χ4n) is 9.88. The molecular formula is C48H59BN16O3. The summed E-state index contributed by atoms with van der Waals surface area (Å²) in [6.45, 7) is 12.3. The van der Waals surface area contributed by atoms with Gasteiger partial charge in [-0.05, 0) is 68.9 Å². The van der Waals surface area contributed by atoms with Crippen LogP contribution in [-0.2, 0) is 9.47 Å². The molecule has 0 saturated carbocycles. The van der Waals surface area contributed by atoms with E-state index >= 15 is 0 Å². The Bertz CT molecular complexity index is 2940. The maximum Gasteiger partial charge on any atom is 0.376 e. The summed E-state index contributed by atoms with van der Waals surface area (Å²) < 4.78 is 15.8. The summed E-state index contributed by atoms with van der Waals surface area (Å²) >= 11 is 0. The molecule has 68 heavy (non-hydrogen) atoms. The molecule has 4 saturated heterocycles. The van der Waals surface area contributed by atoms with Crippen LogP contribution in [0.5, 0.6) is 0 Å². The summed E-state index contributed by atoms with van der Waals surface area (Å²) in [6.07, 6.45) is 18.9. The number of pyridine rings is 4. The summed E-state index contributed by atoms with van der Waals surface area (Å²) in [4.78, 5) is 43.6. The van der Waals surface area contributed by atoms with Crippen LogP contribution in [0.4, 0.5) is 34.9 Å². The van der Waals surface area contributed by atoms with Crippen molar-refractivity contribution in [2.24, 2.45) is 0 Å². The van der Waals surface area contributed by atoms with Crippen molar-refractivity contribution >= 4 is 85.8 Å². The molecule has 0 amide bonds. The Morgan fingerprint density at radius 2 is 1.04 bits per heavy atom. The Morgan fingerprint density at radius 1 is 0.574 bits per heavy atom. The topological polar surface area (TPSA) is 197 Å². The smallest absolute Gasteiger partial charge is 0.376 e. The van der Waals surface area contributed by atoms with Crippen molar-refractivity contribution in [1.82, 2.24) is 59.1 Å². The number of fused-ring (bicyclic) bond motifs is 6. The Hall–Kier alpha value is -6.58. The van der Waals surface area contributed by atoms with Crippen molar-refractivity contribution in [2.45, 2.75) is 52.0 Å². The van der Waals surface area contributed by atoms with Gasteiger partial charge in [-0.1, -0.05) is 7.43 Å². The van der Waals surface area contributed by atoms with E-state index < -0.39 is 7.05 Å². The highest BCUT2D eigenvalue weighted by atomic mass is 16.5. The van der Waals surface area contributed by atoms with Crippen LogP contribution in [0.25, 0.3) is 43.9 Å². The number of ether oxygens (including phenoxy) is 2. The molecule has 0 aliphatic carbocycles. The first-order valence-corrected chi connectivity index (χ1v) is 23.5. The molecular weight excluding hydrogens is 859 g/mol. The van der Waals surface area contributed by atoms with Crippen LogP contribution in [-0.4, -0.2) is 145 Å². The molecule has 0 bridgehead atoms. The molecule has 0 atom stereocenters. The molecule has 8 aromatic heterocycles. The minimum absolute atomic E-state index is 0. The van der Waals surface area contributed by atoms with E-state index in [0.717, 1.165) is 166 Å². The van der Waals surface area contributed by atoms with Gasteiger partial charge in [-0.3, -0.25) is 9.97 Å². The van der Waals surface area contributed by atoms with Crippen LogP contribution < -0.4 is 25.8 Å². The lowest BCUT2D eigenvalue weighted by molar-refractivity contribution is 0.0714. The van der Waals surface area contributed by atoms with Crippen molar-refractivity contribution in [1.29, 1.82) is 0 Å². The van der Waals surface area contributed by atoms with Gasteiger partial charge in [0.25, 0.3) is 0 Å². The van der Waals surface area contributed by atoms with Crippen LogP contribution in [0.15, 0.2) is 86.0 Å². The van der Waals surface area contributed by atoms with Gasteiger partial charge >= 0.3 is 7.05 Å². The SMILES string of the molecule is C.CB(O)N1CCN(c2ccc(Nc3ncc4c5ccncc5n(C5CCOCC5)c4n3)nc2)CC1.c1cc2c3cnc(Nc4ccc(N5CCNCC5)cn4)nc3n(C3CCOCC3)c2cn1. The molecule has 0 radical (unpaired) electrons. The second kappa shape index (κ2) is 20.3. The highest BCUT2D eigenvalue weighted by Gasteiger charge is 2.26. The van der Waals surface area contributed by atoms with Gasteiger partial charge in [-0.15, -0.1) is 0 Å². The number of hydrogen-bond acceptors (Lipinski definition) is 17. The molecule has 8 aromatic rings. The van der Waals surface area contributed by atoms with E-state index in [2.05, 4.69) is 81.7 Å². The zero-order valence-electron chi connectivity index (χ0n) is 37.7. The highest BCUT2D eigenvalue weighted by molar-refractivity contribution is 6.45. The molecule has 12 rings (SSSR count). The van der Waals surface area contributed by atoms with E-state index in [0.29, 0.717) is 29.8 Å². The molecule has 0 unspecified atom stereocenters. The van der Waals surface area contributed by atoms with Gasteiger partial charge in [-0.25, -0.2) is 19.9 Å². The third kappa shape index (κ3) is 9.33. The number of hydrogen-bond donors (Lipinski definition) is 4. The van der Waals surface area contributed by atoms with Gasteiger partial charge in [0.05, 0.1) is 47.2 Å². The normalized spacial score (nSPS) is 17.6. The second-order valence-corrected chi connectivity index (χ2v) is 17.5. The van der Waals surface area contributed by atoms with E-state index in [4.69, 9.17) is 19.4 Å². The first kappa shape index (κ1) is 45.2. The lowest BCUT2D eigenvalue weighted by Crippen LogP contribution is -2.51. The molecule has 4 aliphatic heterocycles. The van der Waals surface area contributed by atoms with Gasteiger partial charge in [0.2, 0.25) is 11.9 Å². The maximum absolute atomic E-state index is 9.77. The number of piperazine rings is 2. The number of aromatic nitrogens is 10. The van der Waals surface area contributed by atoms with Crippen molar-refractivity contribution in [3.63, 3.8) is 0 Å². The van der Waals surface area contributed by atoms with Gasteiger partial charge in [0, 0.05) is 137 Å². The van der Waals surface area contributed by atoms with Gasteiger partial charge < -0.3 is 54.2 Å². The fraction of sp³-hybridized carbons (Fsp3) is 0.417. The van der Waals surface area contributed by atoms with Gasteiger partial charge in [0.1, 0.15) is 22.9 Å². The summed E-state index contributed by atoms with van der Waals surface area (Å²) in [5, 5.41) is 24.0. The average molecular weight is 919 g/mol. The summed E-state index contributed by atoms with van der Waals surface area (Å²) in [5.74, 6) is 2.50. The molecule has 4 fully saturated rings.